The molecule has 6 heteroatoms. The Hall–Kier alpha value is -1.46. The van der Waals surface area contributed by atoms with Crippen molar-refractivity contribution in [3.8, 4) is 0 Å². The Morgan fingerprint density at radius 1 is 1.50 bits per heavy atom. The molecule has 1 rings (SSSR count). The van der Waals surface area contributed by atoms with Crippen molar-refractivity contribution in [3.63, 3.8) is 0 Å². The second-order valence-electron chi connectivity index (χ2n) is 6.02. The molecule has 20 heavy (non-hydrogen) atoms. The van der Waals surface area contributed by atoms with Crippen molar-refractivity contribution >= 4 is 12.1 Å². The normalized spacial score (nSPS) is 16.7. The number of guanidine groups is 1. The summed E-state index contributed by atoms with van der Waals surface area (Å²) >= 11 is 0. The Bertz CT molecular complexity index is 337. The Morgan fingerprint density at radius 3 is 2.80 bits per heavy atom. The molecule has 3 N–H and O–H groups in total. The lowest BCUT2D eigenvalue weighted by molar-refractivity contribution is 0.0502. The fourth-order valence-electron chi connectivity index (χ4n) is 1.92. The van der Waals surface area contributed by atoms with Crippen LogP contribution in [-0.4, -0.2) is 43.3 Å². The highest BCUT2D eigenvalue weighted by Crippen LogP contribution is 2.07. The molecule has 0 bridgehead atoms. The zero-order valence-corrected chi connectivity index (χ0v) is 13.1. The lowest BCUT2D eigenvalue weighted by Crippen LogP contribution is -2.49. The number of aliphatic imine (C=N–C) groups is 1. The summed E-state index contributed by atoms with van der Waals surface area (Å²) in [6.45, 7) is 10.1. The number of carbonyl (C=O) groups is 1. The summed E-state index contributed by atoms with van der Waals surface area (Å²) in [4.78, 5) is 16.1. The first-order chi connectivity index (χ1) is 9.40. The molecular formula is C14H28N4O2. The van der Waals surface area contributed by atoms with Gasteiger partial charge in [0.15, 0.2) is 5.96 Å². The summed E-state index contributed by atoms with van der Waals surface area (Å²) < 4.78 is 5.28. The van der Waals surface area contributed by atoms with E-state index in [0.717, 1.165) is 38.3 Å². The van der Waals surface area contributed by atoms with Gasteiger partial charge in [0, 0.05) is 25.7 Å². The number of hydrogen-bond acceptors (Lipinski definition) is 5. The minimum absolute atomic E-state index is 0.0428. The highest BCUT2D eigenvalue weighted by molar-refractivity contribution is 5.80. The number of ether oxygens (including phenoxy) is 1. The van der Waals surface area contributed by atoms with Crippen molar-refractivity contribution < 1.29 is 9.53 Å². The summed E-state index contributed by atoms with van der Waals surface area (Å²) in [7, 11) is 0. The highest BCUT2D eigenvalue weighted by atomic mass is 16.6. The summed E-state index contributed by atoms with van der Waals surface area (Å²) in [5.41, 5.74) is -0.469. The zero-order chi connectivity index (χ0) is 15.0. The molecule has 1 aliphatic heterocycles. The summed E-state index contributed by atoms with van der Waals surface area (Å²) in [5.74, 6) is 0.823. The molecule has 116 valence electrons. The lowest BCUT2D eigenvalue weighted by Gasteiger charge is -2.24. The van der Waals surface area contributed by atoms with Gasteiger partial charge in [-0.05, 0) is 33.6 Å². The highest BCUT2D eigenvalue weighted by Gasteiger charge is 2.19. The molecule has 0 aromatic heterocycles. The van der Waals surface area contributed by atoms with Crippen LogP contribution in [0.3, 0.4) is 0 Å². The summed E-state index contributed by atoms with van der Waals surface area (Å²) in [6, 6.07) is 0.0428. The van der Waals surface area contributed by atoms with E-state index in [9.17, 15) is 4.79 Å². The molecule has 0 aliphatic carbocycles. The van der Waals surface area contributed by atoms with Gasteiger partial charge in [0.05, 0.1) is 0 Å². The average molecular weight is 284 g/mol. The molecule has 0 aromatic carbocycles. The van der Waals surface area contributed by atoms with Crippen molar-refractivity contribution in [2.24, 2.45) is 4.99 Å². The summed E-state index contributed by atoms with van der Waals surface area (Å²) in [6.07, 6.45) is 2.61. The Morgan fingerprint density at radius 2 is 2.25 bits per heavy atom. The van der Waals surface area contributed by atoms with Crippen LogP contribution < -0.4 is 16.0 Å². The molecule has 1 aliphatic rings. The van der Waals surface area contributed by atoms with E-state index in [1.165, 1.54) is 0 Å². The minimum atomic E-state index is -0.469. The van der Waals surface area contributed by atoms with Gasteiger partial charge in [-0.3, -0.25) is 4.99 Å². The van der Waals surface area contributed by atoms with Crippen molar-refractivity contribution in [2.45, 2.75) is 58.6 Å². The third-order valence-electron chi connectivity index (χ3n) is 2.77. The van der Waals surface area contributed by atoms with Crippen LogP contribution in [0.15, 0.2) is 4.99 Å². The maximum atomic E-state index is 11.8. The van der Waals surface area contributed by atoms with Crippen molar-refractivity contribution in [2.75, 3.05) is 19.6 Å². The first-order valence-electron chi connectivity index (χ1n) is 7.42. The smallest absolute Gasteiger partial charge is 0.407 e. The van der Waals surface area contributed by atoms with Crippen LogP contribution in [0.4, 0.5) is 4.79 Å². The number of amides is 1. The number of alkyl carbamates (subject to hydrolysis) is 1. The topological polar surface area (TPSA) is 74.8 Å². The third-order valence-corrected chi connectivity index (χ3v) is 2.77. The van der Waals surface area contributed by atoms with Gasteiger partial charge < -0.3 is 20.7 Å². The van der Waals surface area contributed by atoms with Crippen LogP contribution in [0.5, 0.6) is 0 Å². The van der Waals surface area contributed by atoms with E-state index in [4.69, 9.17) is 4.74 Å². The molecule has 0 fully saturated rings. The standard InChI is InChI=1S/C14H28N4O2/c1-5-7-11(18-13(19)20-14(2,3)4)10-17-12-15-8-6-9-16-12/h11H,5-10H2,1-4H3,(H,18,19)(H2,15,16,17). The van der Waals surface area contributed by atoms with Gasteiger partial charge in [-0.15, -0.1) is 0 Å². The molecule has 6 nitrogen and oxygen atoms in total. The van der Waals surface area contributed by atoms with Gasteiger partial charge in [0.2, 0.25) is 0 Å². The van der Waals surface area contributed by atoms with Gasteiger partial charge >= 0.3 is 6.09 Å². The molecular weight excluding hydrogens is 256 g/mol. The number of rotatable bonds is 5. The summed E-state index contributed by atoms with van der Waals surface area (Å²) in [5, 5.41) is 9.35. The van der Waals surface area contributed by atoms with Crippen LogP contribution in [-0.2, 0) is 4.74 Å². The number of nitrogens with zero attached hydrogens (tertiary/aromatic N) is 1. The number of carbonyl (C=O) groups excluding carboxylic acids is 1. The molecule has 1 unspecified atom stereocenters. The fourth-order valence-corrected chi connectivity index (χ4v) is 1.92. The van der Waals surface area contributed by atoms with Crippen LogP contribution in [0.25, 0.3) is 0 Å². The quantitative estimate of drug-likeness (QED) is 0.717. The second-order valence-corrected chi connectivity index (χ2v) is 6.02. The second kappa shape index (κ2) is 7.97. The zero-order valence-electron chi connectivity index (χ0n) is 13.1. The third kappa shape index (κ3) is 7.21. The van der Waals surface area contributed by atoms with Crippen LogP contribution in [0.1, 0.15) is 47.0 Å². The molecule has 0 saturated carbocycles. The van der Waals surface area contributed by atoms with Gasteiger partial charge in [-0.1, -0.05) is 13.3 Å². The van der Waals surface area contributed by atoms with E-state index in [1.807, 2.05) is 20.8 Å². The van der Waals surface area contributed by atoms with Crippen LogP contribution in [0.2, 0.25) is 0 Å². The maximum Gasteiger partial charge on any atom is 0.407 e. The Balaban J connectivity index is 2.39. The SMILES string of the molecule is CCCC(CNC1=NCCCN1)NC(=O)OC(C)(C)C. The number of hydrogen-bond donors (Lipinski definition) is 3. The monoisotopic (exact) mass is 284 g/mol. The van der Waals surface area contributed by atoms with Crippen LogP contribution >= 0.6 is 0 Å². The Kier molecular flexibility index (Phi) is 6.61. The predicted molar refractivity (Wildman–Crippen MR) is 81.0 cm³/mol. The van der Waals surface area contributed by atoms with Gasteiger partial charge in [0.1, 0.15) is 5.60 Å². The van der Waals surface area contributed by atoms with E-state index in [1.54, 1.807) is 0 Å². The number of nitrogens with one attached hydrogen (secondary N) is 3. The molecule has 1 atom stereocenters. The van der Waals surface area contributed by atoms with E-state index in [0.29, 0.717) is 6.54 Å². The van der Waals surface area contributed by atoms with Crippen molar-refractivity contribution in [1.29, 1.82) is 0 Å². The van der Waals surface area contributed by atoms with E-state index < -0.39 is 5.60 Å². The first-order valence-corrected chi connectivity index (χ1v) is 7.42. The fraction of sp³-hybridized carbons (Fsp3) is 0.857. The van der Waals surface area contributed by atoms with Crippen LogP contribution in [0, 0.1) is 0 Å². The first kappa shape index (κ1) is 16.6. The average Bonchev–Trinajstić information content (AvgIpc) is 2.35. The molecule has 0 aromatic rings. The van der Waals surface area contributed by atoms with E-state index in [2.05, 4.69) is 27.9 Å². The molecule has 1 heterocycles. The van der Waals surface area contributed by atoms with E-state index in [-0.39, 0.29) is 12.1 Å². The Labute approximate surface area is 121 Å². The minimum Gasteiger partial charge on any atom is -0.444 e. The molecule has 0 saturated heterocycles. The van der Waals surface area contributed by atoms with E-state index >= 15 is 0 Å². The van der Waals surface area contributed by atoms with Gasteiger partial charge in [-0.25, -0.2) is 4.79 Å². The van der Waals surface area contributed by atoms with Crippen molar-refractivity contribution in [1.82, 2.24) is 16.0 Å². The predicted octanol–water partition coefficient (Wildman–Crippen LogP) is 1.62. The van der Waals surface area contributed by atoms with Crippen molar-refractivity contribution in [3.05, 3.63) is 0 Å². The molecule has 0 spiro atoms. The molecule has 0 radical (unpaired) electrons. The lowest BCUT2D eigenvalue weighted by atomic mass is 10.1. The molecule has 1 amide bonds. The van der Waals surface area contributed by atoms with Gasteiger partial charge in [0.25, 0.3) is 0 Å². The van der Waals surface area contributed by atoms with Gasteiger partial charge in [-0.2, -0.15) is 0 Å². The largest absolute Gasteiger partial charge is 0.444 e. The maximum absolute atomic E-state index is 11.8.